The van der Waals surface area contributed by atoms with Crippen molar-refractivity contribution in [2.45, 2.75) is 41.0 Å². The number of carbonyl (C=O) groups excluding carboxylic acids is 1. The lowest BCUT2D eigenvalue weighted by atomic mass is 10.4. The highest BCUT2D eigenvalue weighted by molar-refractivity contribution is 5.87. The molecule has 2 N–H and O–H groups in total. The van der Waals surface area contributed by atoms with Gasteiger partial charge in [-0.05, 0) is 12.1 Å². The lowest BCUT2D eigenvalue weighted by Crippen LogP contribution is -2.07. The third-order valence-corrected chi connectivity index (χ3v) is 1.61. The third-order valence-electron chi connectivity index (χ3n) is 1.61. The Morgan fingerprint density at radius 3 is 2.37 bits per heavy atom. The Bertz CT molecular complexity index is 313. The smallest absolute Gasteiger partial charge is 0.222 e. The number of nitrogens with one attached hydrogen (secondary N) is 1. The predicted octanol–water partition coefficient (Wildman–Crippen LogP) is 2.85. The van der Waals surface area contributed by atoms with Crippen LogP contribution >= 0.6 is 0 Å². The largest absolute Gasteiger partial charge is 0.492 e. The van der Waals surface area contributed by atoms with E-state index in [4.69, 9.17) is 9.84 Å². The first-order valence-corrected chi connectivity index (χ1v) is 6.69. The fraction of sp³-hybridized carbons (Fsp3) is 0.571. The van der Waals surface area contributed by atoms with Crippen molar-refractivity contribution in [3.8, 4) is 5.75 Å². The number of carbonyl (C=O) groups is 1. The summed E-state index contributed by atoms with van der Waals surface area (Å²) in [5.41, 5.74) is 0. The number of pyridine rings is 1. The monoisotopic (exact) mass is 270 g/mol. The van der Waals surface area contributed by atoms with Crippen LogP contribution in [0.5, 0.6) is 5.75 Å². The molecule has 110 valence electrons. The van der Waals surface area contributed by atoms with Gasteiger partial charge in [-0.15, -0.1) is 0 Å². The normalized spacial score (nSPS) is 8.32. The molecule has 1 aromatic rings. The van der Waals surface area contributed by atoms with Crippen LogP contribution in [0.2, 0.25) is 0 Å². The summed E-state index contributed by atoms with van der Waals surface area (Å²) >= 11 is 0. The average Bonchev–Trinajstić information content (AvgIpc) is 2.45. The minimum Gasteiger partial charge on any atom is -0.492 e. The molecule has 0 spiro atoms. The molecule has 0 aromatic carbocycles. The van der Waals surface area contributed by atoms with Crippen molar-refractivity contribution >= 4 is 11.7 Å². The third kappa shape index (κ3) is 11.2. The number of amides is 1. The first-order valence-electron chi connectivity index (χ1n) is 6.69. The SMILES string of the molecule is CC.CC.CC(=O)Nc1ccc(OCCCO)cn1. The number of hydrogen-bond donors (Lipinski definition) is 2. The van der Waals surface area contributed by atoms with Crippen molar-refractivity contribution in [3.05, 3.63) is 18.3 Å². The van der Waals surface area contributed by atoms with Gasteiger partial charge in [-0.1, -0.05) is 27.7 Å². The Morgan fingerprint density at radius 1 is 1.32 bits per heavy atom. The maximum absolute atomic E-state index is 10.7. The minimum absolute atomic E-state index is 0.109. The Labute approximate surface area is 116 Å². The second-order valence-corrected chi connectivity index (χ2v) is 2.99. The molecular formula is C14H26N2O3. The zero-order chi connectivity index (χ0) is 15.1. The molecular weight excluding hydrogens is 244 g/mol. The molecule has 0 atom stereocenters. The van der Waals surface area contributed by atoms with E-state index in [1.54, 1.807) is 12.1 Å². The lowest BCUT2D eigenvalue weighted by Gasteiger charge is -2.05. The summed E-state index contributed by atoms with van der Waals surface area (Å²) in [6, 6.07) is 3.38. The van der Waals surface area contributed by atoms with Crippen LogP contribution in [0.4, 0.5) is 5.82 Å². The summed E-state index contributed by atoms with van der Waals surface area (Å²) in [4.78, 5) is 14.7. The van der Waals surface area contributed by atoms with Crippen LogP contribution in [0.3, 0.4) is 0 Å². The van der Waals surface area contributed by atoms with E-state index in [0.29, 0.717) is 24.6 Å². The highest BCUT2D eigenvalue weighted by atomic mass is 16.5. The summed E-state index contributed by atoms with van der Waals surface area (Å²) in [7, 11) is 0. The van der Waals surface area contributed by atoms with Gasteiger partial charge in [0, 0.05) is 20.0 Å². The topological polar surface area (TPSA) is 71.5 Å². The molecule has 5 nitrogen and oxygen atoms in total. The second-order valence-electron chi connectivity index (χ2n) is 2.99. The number of hydrogen-bond acceptors (Lipinski definition) is 4. The highest BCUT2D eigenvalue weighted by Crippen LogP contribution is 2.11. The molecule has 1 heterocycles. The van der Waals surface area contributed by atoms with Crippen LogP contribution < -0.4 is 10.1 Å². The van der Waals surface area contributed by atoms with Gasteiger partial charge in [-0.25, -0.2) is 4.98 Å². The maximum Gasteiger partial charge on any atom is 0.222 e. The van der Waals surface area contributed by atoms with Gasteiger partial charge in [0.2, 0.25) is 5.91 Å². The van der Waals surface area contributed by atoms with Crippen LogP contribution in [0, 0.1) is 0 Å². The van der Waals surface area contributed by atoms with Crippen molar-refractivity contribution in [2.24, 2.45) is 0 Å². The van der Waals surface area contributed by atoms with Gasteiger partial charge in [-0.3, -0.25) is 4.79 Å². The van der Waals surface area contributed by atoms with Crippen molar-refractivity contribution in [1.82, 2.24) is 4.98 Å². The fourth-order valence-electron chi connectivity index (χ4n) is 0.975. The van der Waals surface area contributed by atoms with Gasteiger partial charge < -0.3 is 15.2 Å². The van der Waals surface area contributed by atoms with Crippen LogP contribution in [0.25, 0.3) is 0 Å². The Morgan fingerprint density at radius 2 is 1.95 bits per heavy atom. The number of aromatic nitrogens is 1. The van der Waals surface area contributed by atoms with Gasteiger partial charge in [0.05, 0.1) is 12.8 Å². The summed E-state index contributed by atoms with van der Waals surface area (Å²) in [6.45, 7) is 9.99. The molecule has 1 rings (SSSR count). The van der Waals surface area contributed by atoms with Crippen molar-refractivity contribution in [3.63, 3.8) is 0 Å². The number of aliphatic hydroxyl groups excluding tert-OH is 1. The number of anilines is 1. The molecule has 0 saturated heterocycles. The van der Waals surface area contributed by atoms with Gasteiger partial charge in [0.15, 0.2) is 0 Å². The second kappa shape index (κ2) is 14.4. The molecule has 0 aliphatic carbocycles. The van der Waals surface area contributed by atoms with Crippen molar-refractivity contribution in [2.75, 3.05) is 18.5 Å². The summed E-state index contributed by atoms with van der Waals surface area (Å²) in [6.07, 6.45) is 2.12. The quantitative estimate of drug-likeness (QED) is 0.807. The van der Waals surface area contributed by atoms with Gasteiger partial charge >= 0.3 is 0 Å². The first kappa shape index (κ1) is 19.7. The van der Waals surface area contributed by atoms with Crippen LogP contribution in [0.1, 0.15) is 41.0 Å². The summed E-state index contributed by atoms with van der Waals surface area (Å²) in [5, 5.41) is 11.1. The zero-order valence-corrected chi connectivity index (χ0v) is 12.6. The molecule has 0 aliphatic heterocycles. The number of ether oxygens (including phenoxy) is 1. The highest BCUT2D eigenvalue weighted by Gasteiger charge is 1.98. The molecule has 0 bridgehead atoms. The zero-order valence-electron chi connectivity index (χ0n) is 12.6. The molecule has 5 heteroatoms. The fourth-order valence-corrected chi connectivity index (χ4v) is 0.975. The Kier molecular flexibility index (Phi) is 15.0. The van der Waals surface area contributed by atoms with E-state index in [2.05, 4.69) is 10.3 Å². The van der Waals surface area contributed by atoms with E-state index in [-0.39, 0.29) is 12.5 Å². The van der Waals surface area contributed by atoms with E-state index < -0.39 is 0 Å². The van der Waals surface area contributed by atoms with E-state index >= 15 is 0 Å². The van der Waals surface area contributed by atoms with E-state index in [9.17, 15) is 4.79 Å². The molecule has 0 fully saturated rings. The molecule has 0 saturated carbocycles. The maximum atomic E-state index is 10.7. The molecule has 19 heavy (non-hydrogen) atoms. The van der Waals surface area contributed by atoms with Gasteiger partial charge in [0.25, 0.3) is 0 Å². The van der Waals surface area contributed by atoms with Crippen LogP contribution in [-0.4, -0.2) is 29.2 Å². The average molecular weight is 270 g/mol. The van der Waals surface area contributed by atoms with E-state index in [1.165, 1.54) is 13.1 Å². The molecule has 0 unspecified atom stereocenters. The van der Waals surface area contributed by atoms with Gasteiger partial charge in [0.1, 0.15) is 11.6 Å². The number of rotatable bonds is 5. The Balaban J connectivity index is 0. The lowest BCUT2D eigenvalue weighted by molar-refractivity contribution is -0.114. The number of nitrogens with zero attached hydrogens (tertiary/aromatic N) is 1. The van der Waals surface area contributed by atoms with Crippen LogP contribution in [0.15, 0.2) is 18.3 Å². The van der Waals surface area contributed by atoms with Crippen LogP contribution in [-0.2, 0) is 4.79 Å². The Hall–Kier alpha value is -1.62. The van der Waals surface area contributed by atoms with Crippen molar-refractivity contribution in [1.29, 1.82) is 0 Å². The minimum atomic E-state index is -0.156. The summed E-state index contributed by atoms with van der Waals surface area (Å²) < 4.78 is 5.27. The molecule has 0 aliphatic rings. The predicted molar refractivity (Wildman–Crippen MR) is 78.4 cm³/mol. The molecule has 1 amide bonds. The molecule has 0 radical (unpaired) electrons. The van der Waals surface area contributed by atoms with Gasteiger partial charge in [-0.2, -0.15) is 0 Å². The van der Waals surface area contributed by atoms with Crippen molar-refractivity contribution < 1.29 is 14.6 Å². The van der Waals surface area contributed by atoms with E-state index in [1.807, 2.05) is 27.7 Å². The first-order chi connectivity index (χ1) is 9.22. The van der Waals surface area contributed by atoms with E-state index in [0.717, 1.165) is 0 Å². The standard InChI is InChI=1S/C10H14N2O3.2C2H6/c1-8(14)12-10-4-3-9(7-11-10)15-6-2-5-13;2*1-2/h3-4,7,13H,2,5-6H2,1H3,(H,11,12,14);2*1-2H3. The number of aliphatic hydroxyl groups is 1. The summed E-state index contributed by atoms with van der Waals surface area (Å²) in [5.74, 6) is 0.964. The molecule has 1 aromatic heterocycles.